The average Bonchev–Trinajstić information content (AvgIpc) is 2.25. The Kier molecular flexibility index (Phi) is 5.48. The molecule has 2 N–H and O–H groups in total. The fourth-order valence-electron chi connectivity index (χ4n) is 1.27. The molecule has 1 aromatic carbocycles. The molecule has 0 amide bonds. The van der Waals surface area contributed by atoms with E-state index in [9.17, 15) is 8.42 Å². The van der Waals surface area contributed by atoms with Crippen LogP contribution in [0.15, 0.2) is 32.1 Å². The van der Waals surface area contributed by atoms with Crippen LogP contribution in [0.1, 0.15) is 5.56 Å². The average molecular weight is 375 g/mol. The monoisotopic (exact) mass is 373 g/mol. The summed E-state index contributed by atoms with van der Waals surface area (Å²) in [6.07, 6.45) is 0. The van der Waals surface area contributed by atoms with Crippen molar-refractivity contribution in [1.82, 2.24) is 0 Å². The van der Waals surface area contributed by atoms with Gasteiger partial charge in [-0.3, -0.25) is 0 Å². The number of ether oxygens (including phenoxy) is 1. The molecule has 0 unspecified atom stereocenters. The summed E-state index contributed by atoms with van der Waals surface area (Å²) in [5.74, 6) is 0.164. The minimum absolute atomic E-state index is 0.0317. The molecule has 18 heavy (non-hydrogen) atoms. The number of rotatable bonds is 4. The van der Waals surface area contributed by atoms with Gasteiger partial charge >= 0.3 is 0 Å². The third-order valence-electron chi connectivity index (χ3n) is 1.98. The van der Waals surface area contributed by atoms with Gasteiger partial charge in [0.25, 0.3) is 0 Å². The first kappa shape index (κ1) is 15.8. The minimum Gasteiger partial charge on any atom is -0.486 e. The summed E-state index contributed by atoms with van der Waals surface area (Å²) >= 11 is 14.3. The van der Waals surface area contributed by atoms with Crippen molar-refractivity contribution >= 4 is 49.2 Å². The van der Waals surface area contributed by atoms with Crippen LogP contribution in [0.4, 0.5) is 0 Å². The van der Waals surface area contributed by atoms with E-state index in [2.05, 4.69) is 15.9 Å². The Labute approximate surface area is 124 Å². The Hall–Kier alpha value is -0.270. The van der Waals surface area contributed by atoms with Crippen molar-refractivity contribution in [3.05, 3.63) is 32.7 Å². The molecule has 1 rings (SSSR count). The summed E-state index contributed by atoms with van der Waals surface area (Å²) in [5, 5.41) is 5.38. The molecule has 0 spiro atoms. The Morgan fingerprint density at radius 3 is 2.67 bits per heavy atom. The van der Waals surface area contributed by atoms with E-state index < -0.39 is 10.0 Å². The third kappa shape index (κ3) is 4.13. The molecule has 1 aromatic rings. The molecular formula is C10H10BrCl2NO3S. The lowest BCUT2D eigenvalue weighted by molar-refractivity contribution is 0.347. The molecule has 0 heterocycles. The molecule has 0 aliphatic rings. The second-order valence-electron chi connectivity index (χ2n) is 3.44. The Morgan fingerprint density at radius 2 is 2.17 bits per heavy atom. The highest BCUT2D eigenvalue weighted by Gasteiger charge is 2.18. The smallest absolute Gasteiger partial charge is 0.241 e. The lowest BCUT2D eigenvalue weighted by atomic mass is 10.2. The van der Waals surface area contributed by atoms with Gasteiger partial charge in [-0.25, -0.2) is 13.6 Å². The molecule has 0 aromatic heterocycles. The van der Waals surface area contributed by atoms with Gasteiger partial charge in [-0.15, -0.1) is 0 Å². The summed E-state index contributed by atoms with van der Waals surface area (Å²) in [5.41, 5.74) is 1.76. The summed E-state index contributed by atoms with van der Waals surface area (Å²) < 4.78 is 28.9. The normalized spacial score (nSPS) is 12.6. The van der Waals surface area contributed by atoms with Crippen molar-refractivity contribution in [2.75, 3.05) is 6.61 Å². The number of hydrogen-bond acceptors (Lipinski definition) is 3. The van der Waals surface area contributed by atoms with Crippen LogP contribution < -0.4 is 9.88 Å². The number of primary sulfonamides is 1. The fraction of sp³-hybridized carbons (Fsp3) is 0.200. The van der Waals surface area contributed by atoms with E-state index in [1.54, 1.807) is 13.0 Å². The van der Waals surface area contributed by atoms with E-state index in [1.807, 2.05) is 0 Å². The lowest BCUT2D eigenvalue weighted by Crippen LogP contribution is -2.15. The third-order valence-corrected chi connectivity index (χ3v) is 3.95. The highest BCUT2D eigenvalue weighted by atomic mass is 79.9. The van der Waals surface area contributed by atoms with Gasteiger partial charge in [-0.1, -0.05) is 39.1 Å². The number of halogens is 3. The summed E-state index contributed by atoms with van der Waals surface area (Å²) in [7, 11) is -3.88. The van der Waals surface area contributed by atoms with Gasteiger partial charge in [-0.05, 0) is 24.6 Å². The first-order valence-electron chi connectivity index (χ1n) is 4.66. The number of sulfonamides is 1. The maximum Gasteiger partial charge on any atom is 0.241 e. The molecular weight excluding hydrogens is 365 g/mol. The van der Waals surface area contributed by atoms with Crippen molar-refractivity contribution in [3.8, 4) is 5.75 Å². The number of hydrogen-bond donors (Lipinski definition) is 1. The Bertz CT molecular complexity index is 587. The maximum atomic E-state index is 11.5. The van der Waals surface area contributed by atoms with Gasteiger partial charge in [-0.2, -0.15) is 0 Å². The van der Waals surface area contributed by atoms with Crippen molar-refractivity contribution in [3.63, 3.8) is 0 Å². The SMILES string of the molecule is Cc1cc(Br)cc(S(N)(=O)=O)c1OC/C(Cl)=C/Cl. The van der Waals surface area contributed by atoms with E-state index in [0.717, 1.165) is 5.54 Å². The molecule has 0 fully saturated rings. The highest BCUT2D eigenvalue weighted by Crippen LogP contribution is 2.31. The zero-order valence-corrected chi connectivity index (χ0v) is 13.2. The number of benzene rings is 1. The van der Waals surface area contributed by atoms with Crippen molar-refractivity contribution in [2.24, 2.45) is 5.14 Å². The summed E-state index contributed by atoms with van der Waals surface area (Å²) in [6.45, 7) is 1.67. The molecule has 0 radical (unpaired) electrons. The largest absolute Gasteiger partial charge is 0.486 e. The van der Waals surface area contributed by atoms with Gasteiger partial charge in [0.2, 0.25) is 10.0 Å². The van der Waals surface area contributed by atoms with E-state index >= 15 is 0 Å². The fourth-order valence-corrected chi connectivity index (χ4v) is 2.88. The van der Waals surface area contributed by atoms with E-state index in [4.69, 9.17) is 33.1 Å². The molecule has 4 nitrogen and oxygen atoms in total. The predicted molar refractivity (Wildman–Crippen MR) is 75.5 cm³/mol. The second kappa shape index (κ2) is 6.25. The van der Waals surface area contributed by atoms with Crippen LogP contribution in [0, 0.1) is 6.92 Å². The van der Waals surface area contributed by atoms with Crippen LogP contribution in [0.25, 0.3) is 0 Å². The first-order valence-corrected chi connectivity index (χ1v) is 7.81. The van der Waals surface area contributed by atoms with E-state index in [1.165, 1.54) is 6.07 Å². The van der Waals surface area contributed by atoms with Crippen LogP contribution in [0.2, 0.25) is 0 Å². The molecule has 0 saturated carbocycles. The quantitative estimate of drug-likeness (QED) is 0.880. The predicted octanol–water partition coefficient (Wildman–Crippen LogP) is 3.10. The number of nitrogens with two attached hydrogens (primary N) is 1. The van der Waals surface area contributed by atoms with Gasteiger partial charge < -0.3 is 4.74 Å². The van der Waals surface area contributed by atoms with Crippen LogP contribution in [-0.2, 0) is 10.0 Å². The van der Waals surface area contributed by atoms with E-state index in [0.29, 0.717) is 10.0 Å². The van der Waals surface area contributed by atoms with Crippen molar-refractivity contribution < 1.29 is 13.2 Å². The molecule has 0 atom stereocenters. The van der Waals surface area contributed by atoms with E-state index in [-0.39, 0.29) is 22.3 Å². The second-order valence-corrected chi connectivity index (χ2v) is 6.59. The van der Waals surface area contributed by atoms with Gasteiger partial charge in [0.05, 0.1) is 5.03 Å². The number of aryl methyl sites for hydroxylation is 1. The summed E-state index contributed by atoms with van der Waals surface area (Å²) in [4.78, 5) is -0.103. The molecule has 100 valence electrons. The Morgan fingerprint density at radius 1 is 1.56 bits per heavy atom. The zero-order valence-electron chi connectivity index (χ0n) is 9.28. The van der Waals surface area contributed by atoms with Crippen LogP contribution in [-0.4, -0.2) is 15.0 Å². The van der Waals surface area contributed by atoms with Gasteiger partial charge in [0.15, 0.2) is 0 Å². The molecule has 0 saturated heterocycles. The molecule has 8 heteroatoms. The Balaban J connectivity index is 3.25. The van der Waals surface area contributed by atoms with Gasteiger partial charge in [0, 0.05) is 10.0 Å². The van der Waals surface area contributed by atoms with Gasteiger partial charge in [0.1, 0.15) is 17.3 Å². The van der Waals surface area contributed by atoms with Crippen LogP contribution >= 0.6 is 39.1 Å². The molecule has 0 aliphatic heterocycles. The first-order chi connectivity index (χ1) is 8.25. The topological polar surface area (TPSA) is 69.4 Å². The van der Waals surface area contributed by atoms with Crippen molar-refractivity contribution in [2.45, 2.75) is 11.8 Å². The standard InChI is InChI=1S/C10H10BrCl2NO3S/c1-6-2-7(11)3-9(18(14,15)16)10(6)17-5-8(13)4-12/h2-4H,5H2,1H3,(H2,14,15,16)/b8-4-. The molecule has 0 aliphatic carbocycles. The molecule has 0 bridgehead atoms. The van der Waals surface area contributed by atoms with Crippen LogP contribution in [0.3, 0.4) is 0 Å². The highest BCUT2D eigenvalue weighted by molar-refractivity contribution is 9.10. The maximum absolute atomic E-state index is 11.5. The minimum atomic E-state index is -3.88. The van der Waals surface area contributed by atoms with Crippen LogP contribution in [0.5, 0.6) is 5.75 Å². The lowest BCUT2D eigenvalue weighted by Gasteiger charge is -2.13. The zero-order chi connectivity index (χ0) is 13.9. The summed E-state index contributed by atoms with van der Waals surface area (Å²) in [6, 6.07) is 3.08. The van der Waals surface area contributed by atoms with Crippen molar-refractivity contribution in [1.29, 1.82) is 0 Å².